The predicted molar refractivity (Wildman–Crippen MR) is 124 cm³/mol. The van der Waals surface area contributed by atoms with Gasteiger partial charge in [-0.3, -0.25) is 4.79 Å². The van der Waals surface area contributed by atoms with Crippen molar-refractivity contribution in [3.8, 4) is 0 Å². The molecule has 2 aromatic heterocycles. The molecule has 4 heterocycles. The summed E-state index contributed by atoms with van der Waals surface area (Å²) >= 11 is 0. The number of fused-ring (bicyclic) bond motifs is 1. The third kappa shape index (κ3) is 4.26. The molecule has 168 valence electrons. The van der Waals surface area contributed by atoms with Gasteiger partial charge in [0.15, 0.2) is 0 Å². The van der Waals surface area contributed by atoms with Crippen molar-refractivity contribution in [3.63, 3.8) is 0 Å². The van der Waals surface area contributed by atoms with Gasteiger partial charge in [0.1, 0.15) is 11.5 Å². The van der Waals surface area contributed by atoms with E-state index in [-0.39, 0.29) is 12.0 Å². The minimum absolute atomic E-state index is 0.271. The van der Waals surface area contributed by atoms with Gasteiger partial charge in [-0.05, 0) is 43.5 Å². The van der Waals surface area contributed by atoms with E-state index in [1.54, 1.807) is 6.07 Å². The first-order valence-corrected chi connectivity index (χ1v) is 11.1. The number of piperidine rings is 1. The zero-order chi connectivity index (χ0) is 22.1. The van der Waals surface area contributed by atoms with E-state index in [0.717, 1.165) is 28.0 Å². The van der Waals surface area contributed by atoms with Gasteiger partial charge in [0, 0.05) is 55.0 Å². The van der Waals surface area contributed by atoms with E-state index in [2.05, 4.69) is 25.1 Å². The number of nitrogens with one attached hydrogen (secondary N) is 2. The number of hydrogen-bond acceptors (Lipinski definition) is 7. The number of nitrogens with zero attached hydrogens (tertiary/aromatic N) is 4. The fourth-order valence-electron chi connectivity index (χ4n) is 4.23. The SMILES string of the molecule is Cc1c[nH]c2ccc(NC(=O)c3cc(N4CCC(O)CC4)nc(N4CCOCC4)n3)cc12. The number of aromatic amines is 1. The number of anilines is 3. The van der Waals surface area contributed by atoms with Gasteiger partial charge in [-0.2, -0.15) is 4.98 Å². The lowest BCUT2D eigenvalue weighted by atomic mass is 10.1. The molecule has 2 saturated heterocycles. The maximum Gasteiger partial charge on any atom is 0.274 e. The molecule has 0 aliphatic carbocycles. The van der Waals surface area contributed by atoms with Crippen molar-refractivity contribution in [1.29, 1.82) is 0 Å². The molecule has 3 aromatic rings. The van der Waals surface area contributed by atoms with E-state index in [1.807, 2.05) is 31.3 Å². The summed E-state index contributed by atoms with van der Waals surface area (Å²) in [6, 6.07) is 7.56. The van der Waals surface area contributed by atoms with Crippen molar-refractivity contribution in [3.05, 3.63) is 41.7 Å². The van der Waals surface area contributed by atoms with E-state index < -0.39 is 0 Å². The Morgan fingerprint density at radius 2 is 1.91 bits per heavy atom. The molecule has 2 aliphatic heterocycles. The topological polar surface area (TPSA) is 107 Å². The smallest absolute Gasteiger partial charge is 0.274 e. The van der Waals surface area contributed by atoms with Gasteiger partial charge in [0.25, 0.3) is 5.91 Å². The van der Waals surface area contributed by atoms with E-state index in [4.69, 9.17) is 9.72 Å². The summed E-state index contributed by atoms with van der Waals surface area (Å²) in [4.78, 5) is 29.9. The number of aliphatic hydroxyl groups is 1. The summed E-state index contributed by atoms with van der Waals surface area (Å²) in [5.41, 5.74) is 3.21. The monoisotopic (exact) mass is 436 g/mol. The van der Waals surface area contributed by atoms with Crippen LogP contribution in [0.5, 0.6) is 0 Å². The lowest BCUT2D eigenvalue weighted by molar-refractivity contribution is 0.102. The van der Waals surface area contributed by atoms with E-state index in [0.29, 0.717) is 63.9 Å². The van der Waals surface area contributed by atoms with Crippen LogP contribution in [-0.2, 0) is 4.74 Å². The fraction of sp³-hybridized carbons (Fsp3) is 0.435. The van der Waals surface area contributed by atoms with Crippen LogP contribution in [0.2, 0.25) is 0 Å². The normalized spacial score (nSPS) is 17.7. The van der Waals surface area contributed by atoms with Crippen molar-refractivity contribution in [2.75, 3.05) is 54.5 Å². The molecule has 32 heavy (non-hydrogen) atoms. The maximum absolute atomic E-state index is 13.2. The highest BCUT2D eigenvalue weighted by molar-refractivity contribution is 6.04. The molecule has 3 N–H and O–H groups in total. The highest BCUT2D eigenvalue weighted by Crippen LogP contribution is 2.25. The minimum atomic E-state index is -0.277. The van der Waals surface area contributed by atoms with Crippen LogP contribution in [0.25, 0.3) is 10.9 Å². The van der Waals surface area contributed by atoms with Crippen molar-refractivity contribution < 1.29 is 14.6 Å². The zero-order valence-corrected chi connectivity index (χ0v) is 18.2. The number of morpholine rings is 1. The Morgan fingerprint density at radius 1 is 1.12 bits per heavy atom. The molecule has 0 atom stereocenters. The molecule has 9 heteroatoms. The first-order valence-electron chi connectivity index (χ1n) is 11.1. The standard InChI is InChI=1S/C23H28N6O3/c1-15-14-24-19-3-2-16(12-18(15)19)25-22(31)20-13-21(28-6-4-17(30)5-7-28)27-23(26-20)29-8-10-32-11-9-29/h2-3,12-14,17,24,30H,4-11H2,1H3,(H,25,31). The number of amides is 1. The summed E-state index contributed by atoms with van der Waals surface area (Å²) in [6.07, 6.45) is 3.06. The largest absolute Gasteiger partial charge is 0.393 e. The molecule has 2 aliphatic rings. The molecule has 0 bridgehead atoms. The number of hydrogen-bond donors (Lipinski definition) is 3. The number of benzene rings is 1. The Bertz CT molecular complexity index is 1120. The Morgan fingerprint density at radius 3 is 2.69 bits per heavy atom. The highest BCUT2D eigenvalue weighted by Gasteiger charge is 2.23. The molecule has 2 fully saturated rings. The van der Waals surface area contributed by atoms with Crippen LogP contribution in [0.3, 0.4) is 0 Å². The van der Waals surface area contributed by atoms with E-state index in [1.165, 1.54) is 0 Å². The molecule has 0 spiro atoms. The van der Waals surface area contributed by atoms with Gasteiger partial charge in [-0.1, -0.05) is 0 Å². The molecule has 0 radical (unpaired) electrons. The van der Waals surface area contributed by atoms with Crippen molar-refractivity contribution in [1.82, 2.24) is 15.0 Å². The van der Waals surface area contributed by atoms with Crippen LogP contribution in [0.1, 0.15) is 28.9 Å². The van der Waals surface area contributed by atoms with Gasteiger partial charge >= 0.3 is 0 Å². The van der Waals surface area contributed by atoms with Crippen molar-refractivity contribution in [2.45, 2.75) is 25.9 Å². The molecule has 5 rings (SSSR count). The first kappa shape index (κ1) is 20.7. The maximum atomic E-state index is 13.2. The van der Waals surface area contributed by atoms with Crippen LogP contribution in [0.4, 0.5) is 17.5 Å². The molecule has 0 saturated carbocycles. The number of aliphatic hydroxyl groups excluding tert-OH is 1. The second-order valence-corrected chi connectivity index (χ2v) is 8.42. The number of carbonyl (C=O) groups excluding carboxylic acids is 1. The Labute approximate surface area is 186 Å². The quantitative estimate of drug-likeness (QED) is 0.576. The van der Waals surface area contributed by atoms with E-state index >= 15 is 0 Å². The number of aromatic nitrogens is 3. The van der Waals surface area contributed by atoms with Crippen LogP contribution in [-0.4, -0.2) is 71.5 Å². The first-order chi connectivity index (χ1) is 15.6. The number of H-pyrrole nitrogens is 1. The lowest BCUT2D eigenvalue weighted by Crippen LogP contribution is -2.39. The summed E-state index contributed by atoms with van der Waals surface area (Å²) in [7, 11) is 0. The Kier molecular flexibility index (Phi) is 5.67. The number of ether oxygens (including phenoxy) is 1. The van der Waals surface area contributed by atoms with Gasteiger partial charge in [-0.25, -0.2) is 4.98 Å². The molecule has 1 amide bonds. The Hall–Kier alpha value is -3.17. The second-order valence-electron chi connectivity index (χ2n) is 8.42. The Balaban J connectivity index is 1.44. The van der Waals surface area contributed by atoms with Crippen LogP contribution in [0, 0.1) is 6.92 Å². The van der Waals surface area contributed by atoms with Gasteiger partial charge in [0.05, 0.1) is 19.3 Å². The molecule has 0 unspecified atom stereocenters. The summed E-state index contributed by atoms with van der Waals surface area (Å²) in [6.45, 7) is 6.03. The molecule has 1 aromatic carbocycles. The third-order valence-electron chi connectivity index (χ3n) is 6.16. The minimum Gasteiger partial charge on any atom is -0.393 e. The summed E-state index contributed by atoms with van der Waals surface area (Å²) in [5, 5.41) is 13.9. The molecule has 9 nitrogen and oxygen atoms in total. The average molecular weight is 437 g/mol. The number of carbonyl (C=O) groups is 1. The van der Waals surface area contributed by atoms with Gasteiger partial charge in [-0.15, -0.1) is 0 Å². The molecular formula is C23H28N6O3. The van der Waals surface area contributed by atoms with Crippen LogP contribution < -0.4 is 15.1 Å². The van der Waals surface area contributed by atoms with Crippen LogP contribution in [0.15, 0.2) is 30.5 Å². The predicted octanol–water partition coefficient (Wildman–Crippen LogP) is 2.32. The van der Waals surface area contributed by atoms with E-state index in [9.17, 15) is 9.90 Å². The lowest BCUT2D eigenvalue weighted by Gasteiger charge is -2.32. The van der Waals surface area contributed by atoms with Crippen LogP contribution >= 0.6 is 0 Å². The van der Waals surface area contributed by atoms with Gasteiger partial charge in [0.2, 0.25) is 5.95 Å². The van der Waals surface area contributed by atoms with Crippen molar-refractivity contribution in [2.24, 2.45) is 0 Å². The van der Waals surface area contributed by atoms with Gasteiger partial charge < -0.3 is 29.9 Å². The summed E-state index contributed by atoms with van der Waals surface area (Å²) < 4.78 is 5.46. The zero-order valence-electron chi connectivity index (χ0n) is 18.2. The van der Waals surface area contributed by atoms with Crippen molar-refractivity contribution >= 4 is 34.3 Å². The second kappa shape index (κ2) is 8.76. The fourth-order valence-corrected chi connectivity index (χ4v) is 4.23. The summed E-state index contributed by atoms with van der Waals surface area (Å²) in [5.74, 6) is 0.988. The molecular weight excluding hydrogens is 408 g/mol. The highest BCUT2D eigenvalue weighted by atomic mass is 16.5. The average Bonchev–Trinajstić information content (AvgIpc) is 3.20. The number of rotatable bonds is 4. The number of aryl methyl sites for hydroxylation is 1. The third-order valence-corrected chi connectivity index (χ3v) is 6.16.